The fraction of sp³-hybridized carbons (Fsp3) is 0.0370. The molecule has 9 nitrogen and oxygen atoms in total. The first-order valence-corrected chi connectivity index (χ1v) is 20.8. The monoisotopic (exact) mass is 811 g/mol. The third-order valence-electron chi connectivity index (χ3n) is 11.1. The molecule has 11 rings (SSSR count). The van der Waals surface area contributed by atoms with Crippen LogP contribution in [0, 0.1) is 13.8 Å². The van der Waals surface area contributed by atoms with Gasteiger partial charge >= 0.3 is 0 Å². The maximum atomic E-state index is 5.37. The highest BCUT2D eigenvalue weighted by Crippen LogP contribution is 2.40. The molecule has 4 heterocycles. The Morgan fingerprint density at radius 3 is 1.35 bits per heavy atom. The van der Waals surface area contributed by atoms with E-state index in [-0.39, 0.29) is 0 Å². The molecular formula is C54H37N9. The van der Waals surface area contributed by atoms with Gasteiger partial charge in [0.25, 0.3) is 0 Å². The van der Waals surface area contributed by atoms with E-state index < -0.39 is 0 Å². The zero-order chi connectivity index (χ0) is 42.3. The van der Waals surface area contributed by atoms with Crippen LogP contribution in [0.1, 0.15) is 11.6 Å². The minimum atomic E-state index is 0.547. The normalized spacial score (nSPS) is 11.3. The lowest BCUT2D eigenvalue weighted by molar-refractivity contribution is 0.929. The second-order valence-electron chi connectivity index (χ2n) is 15.3. The average molecular weight is 812 g/mol. The molecule has 0 radical (unpaired) electrons. The number of rotatable bonds is 8. The maximum Gasteiger partial charge on any atom is 0.164 e. The molecule has 11 aromatic rings. The van der Waals surface area contributed by atoms with Crippen LogP contribution in [-0.4, -0.2) is 44.4 Å². The molecule has 298 valence electrons. The smallest absolute Gasteiger partial charge is 0.164 e. The predicted octanol–water partition coefficient (Wildman–Crippen LogP) is 12.2. The summed E-state index contributed by atoms with van der Waals surface area (Å²) in [5.74, 6) is 4.36. The molecule has 0 saturated heterocycles. The van der Waals surface area contributed by atoms with Gasteiger partial charge in [-0.1, -0.05) is 140 Å². The molecule has 0 amide bonds. The van der Waals surface area contributed by atoms with Crippen LogP contribution in [0.25, 0.3) is 107 Å². The lowest BCUT2D eigenvalue weighted by Crippen LogP contribution is -2.03. The predicted molar refractivity (Wildman–Crippen MR) is 251 cm³/mol. The van der Waals surface area contributed by atoms with Gasteiger partial charge in [-0.2, -0.15) is 0 Å². The lowest BCUT2D eigenvalue weighted by atomic mass is 10.0. The van der Waals surface area contributed by atoms with Crippen molar-refractivity contribution in [2.45, 2.75) is 13.8 Å². The number of nitrogens with zero attached hydrogens (tertiary/aromatic N) is 9. The van der Waals surface area contributed by atoms with Crippen LogP contribution in [0.5, 0.6) is 0 Å². The van der Waals surface area contributed by atoms with Gasteiger partial charge < -0.3 is 4.57 Å². The Morgan fingerprint density at radius 1 is 0.302 bits per heavy atom. The molecule has 0 N–H and O–H groups in total. The topological polar surface area (TPSA) is 108 Å². The summed E-state index contributed by atoms with van der Waals surface area (Å²) in [6.45, 7) is 3.80. The van der Waals surface area contributed by atoms with Gasteiger partial charge in [0.15, 0.2) is 29.1 Å². The van der Waals surface area contributed by atoms with E-state index in [4.69, 9.17) is 34.9 Å². The second-order valence-corrected chi connectivity index (χ2v) is 15.3. The Hall–Kier alpha value is -8.56. The van der Waals surface area contributed by atoms with Gasteiger partial charge in [0.1, 0.15) is 11.6 Å². The lowest BCUT2D eigenvalue weighted by Gasteiger charge is -2.17. The summed E-state index contributed by atoms with van der Waals surface area (Å²) in [5.41, 5.74) is 10.9. The van der Waals surface area contributed by atoms with Crippen molar-refractivity contribution in [3.8, 4) is 85.1 Å². The Balaban J connectivity index is 1.19. The van der Waals surface area contributed by atoms with Crippen molar-refractivity contribution in [1.29, 1.82) is 0 Å². The highest BCUT2D eigenvalue weighted by molar-refractivity contribution is 6.11. The van der Waals surface area contributed by atoms with Gasteiger partial charge in [-0.05, 0) is 62.4 Å². The van der Waals surface area contributed by atoms with E-state index in [2.05, 4.69) is 88.4 Å². The molecule has 0 atom stereocenters. The Kier molecular flexibility index (Phi) is 9.39. The SMILES string of the molecule is Cc1nc(C)nc(-c2ccc3c(c2)c2ccccc2n3-c2ccc(-c3nc(-c4ccccc4)nc(-c4ccccc4)n3)cc2-c2cc(-c3ccccc3)nc(-c3ccccc3)n2)n1. The number of benzene rings is 7. The van der Waals surface area contributed by atoms with Gasteiger partial charge in [0, 0.05) is 49.7 Å². The number of aromatic nitrogens is 9. The Morgan fingerprint density at radius 2 is 0.746 bits per heavy atom. The molecule has 0 aliphatic heterocycles. The zero-order valence-corrected chi connectivity index (χ0v) is 34.4. The fourth-order valence-corrected chi connectivity index (χ4v) is 8.19. The number of aryl methyl sites for hydroxylation is 2. The molecule has 0 aliphatic carbocycles. The second kappa shape index (κ2) is 15.8. The van der Waals surface area contributed by atoms with Gasteiger partial charge in [0.2, 0.25) is 0 Å². The van der Waals surface area contributed by atoms with E-state index in [9.17, 15) is 0 Å². The minimum Gasteiger partial charge on any atom is -0.309 e. The van der Waals surface area contributed by atoms with Crippen molar-refractivity contribution in [3.63, 3.8) is 0 Å². The van der Waals surface area contributed by atoms with Crippen LogP contribution < -0.4 is 0 Å². The van der Waals surface area contributed by atoms with Crippen molar-refractivity contribution < 1.29 is 0 Å². The Bertz CT molecular complexity index is 3330. The third kappa shape index (κ3) is 7.17. The molecule has 0 fully saturated rings. The highest BCUT2D eigenvalue weighted by Gasteiger charge is 2.22. The molecule has 63 heavy (non-hydrogen) atoms. The van der Waals surface area contributed by atoms with E-state index in [0.717, 1.165) is 77.8 Å². The molecule has 0 unspecified atom stereocenters. The van der Waals surface area contributed by atoms with Gasteiger partial charge in [-0.15, -0.1) is 0 Å². The number of para-hydroxylation sites is 1. The first kappa shape index (κ1) is 37.4. The largest absolute Gasteiger partial charge is 0.309 e. The summed E-state index contributed by atoms with van der Waals surface area (Å²) in [5, 5.41) is 2.17. The van der Waals surface area contributed by atoms with E-state index in [0.29, 0.717) is 40.8 Å². The van der Waals surface area contributed by atoms with Crippen LogP contribution in [0.2, 0.25) is 0 Å². The number of hydrogen-bond acceptors (Lipinski definition) is 8. The summed E-state index contributed by atoms with van der Waals surface area (Å²) < 4.78 is 2.32. The van der Waals surface area contributed by atoms with Crippen LogP contribution in [0.4, 0.5) is 0 Å². The molecule has 0 aliphatic rings. The summed E-state index contributed by atoms with van der Waals surface area (Å²) in [6.07, 6.45) is 0. The first-order valence-electron chi connectivity index (χ1n) is 20.8. The molecular weight excluding hydrogens is 775 g/mol. The first-order chi connectivity index (χ1) is 31.0. The van der Waals surface area contributed by atoms with Crippen molar-refractivity contribution in [3.05, 3.63) is 200 Å². The summed E-state index contributed by atoms with van der Waals surface area (Å²) in [7, 11) is 0. The fourth-order valence-electron chi connectivity index (χ4n) is 8.19. The van der Waals surface area contributed by atoms with E-state index >= 15 is 0 Å². The van der Waals surface area contributed by atoms with Crippen molar-refractivity contribution in [2.24, 2.45) is 0 Å². The molecule has 9 heteroatoms. The molecule has 0 bridgehead atoms. The van der Waals surface area contributed by atoms with Gasteiger partial charge in [-0.3, -0.25) is 0 Å². The molecule has 0 spiro atoms. The van der Waals surface area contributed by atoms with Crippen molar-refractivity contribution in [1.82, 2.24) is 44.4 Å². The average Bonchev–Trinajstić information content (AvgIpc) is 3.68. The highest BCUT2D eigenvalue weighted by atomic mass is 15.0. The maximum absolute atomic E-state index is 5.37. The third-order valence-corrected chi connectivity index (χ3v) is 11.1. The molecule has 7 aromatic carbocycles. The van der Waals surface area contributed by atoms with Crippen LogP contribution in [-0.2, 0) is 0 Å². The van der Waals surface area contributed by atoms with Crippen LogP contribution >= 0.6 is 0 Å². The van der Waals surface area contributed by atoms with E-state index in [1.54, 1.807) is 0 Å². The van der Waals surface area contributed by atoms with E-state index in [1.165, 1.54) is 0 Å². The Labute approximate surface area is 363 Å². The van der Waals surface area contributed by atoms with Crippen LogP contribution in [0.3, 0.4) is 0 Å². The standard InChI is InChI=1S/C54H37N9/c1-34-55-35(2)57-53(56-34)40-27-29-48-43(31-40)42-25-15-16-26-47(42)63(48)49-30-28-41(54-61-51(38-21-11-5-12-22-38)60-52(62-54)39-23-13-6-14-24-39)32-44(49)46-33-45(36-17-7-3-8-18-36)58-50(59-46)37-19-9-4-10-20-37/h3-33H,1-2H3. The summed E-state index contributed by atoms with van der Waals surface area (Å²) in [6, 6.07) is 63.9. The molecule has 4 aromatic heterocycles. The van der Waals surface area contributed by atoms with E-state index in [1.807, 2.05) is 123 Å². The van der Waals surface area contributed by atoms with Gasteiger partial charge in [0.05, 0.1) is 28.1 Å². The minimum absolute atomic E-state index is 0.547. The summed E-state index contributed by atoms with van der Waals surface area (Å²) >= 11 is 0. The number of fused-ring (bicyclic) bond motifs is 3. The van der Waals surface area contributed by atoms with Crippen molar-refractivity contribution >= 4 is 21.8 Å². The quantitative estimate of drug-likeness (QED) is 0.149. The van der Waals surface area contributed by atoms with Crippen LogP contribution in [0.15, 0.2) is 188 Å². The summed E-state index contributed by atoms with van der Waals surface area (Å²) in [4.78, 5) is 39.6. The van der Waals surface area contributed by atoms with Crippen molar-refractivity contribution in [2.75, 3.05) is 0 Å². The molecule has 0 saturated carbocycles. The van der Waals surface area contributed by atoms with Gasteiger partial charge in [-0.25, -0.2) is 39.9 Å². The zero-order valence-electron chi connectivity index (χ0n) is 34.4. The number of hydrogen-bond donors (Lipinski definition) is 0.